The molecule has 134 valence electrons. The third kappa shape index (κ3) is 5.41. The minimum atomic E-state index is -2.99. The zero-order valence-electron chi connectivity index (χ0n) is 14.2. The lowest BCUT2D eigenvalue weighted by Gasteiger charge is -2.28. The fourth-order valence-electron chi connectivity index (χ4n) is 2.78. The molecule has 1 aromatic rings. The zero-order chi connectivity index (χ0) is 17.6. The lowest BCUT2D eigenvalue weighted by Crippen LogP contribution is -2.42. The van der Waals surface area contributed by atoms with E-state index in [-0.39, 0.29) is 23.5 Å². The lowest BCUT2D eigenvalue weighted by atomic mass is 10.2. The van der Waals surface area contributed by atoms with Gasteiger partial charge in [0.1, 0.15) is 5.75 Å². The van der Waals surface area contributed by atoms with Crippen molar-refractivity contribution in [3.8, 4) is 5.75 Å². The van der Waals surface area contributed by atoms with E-state index in [1.165, 1.54) is 11.8 Å². The van der Waals surface area contributed by atoms with E-state index in [9.17, 15) is 13.2 Å². The molecular formula is C17H25NO4S2. The molecule has 1 aliphatic heterocycles. The van der Waals surface area contributed by atoms with Crippen molar-refractivity contribution in [1.29, 1.82) is 0 Å². The summed E-state index contributed by atoms with van der Waals surface area (Å²) in [5.74, 6) is 1.38. The molecule has 1 unspecified atom stereocenters. The van der Waals surface area contributed by atoms with Crippen LogP contribution < -0.4 is 4.74 Å². The number of sulfone groups is 1. The Morgan fingerprint density at radius 3 is 2.83 bits per heavy atom. The predicted molar refractivity (Wildman–Crippen MR) is 97.4 cm³/mol. The van der Waals surface area contributed by atoms with Crippen LogP contribution in [-0.2, 0) is 14.6 Å². The molecule has 1 saturated heterocycles. The van der Waals surface area contributed by atoms with E-state index in [0.717, 1.165) is 23.5 Å². The number of methoxy groups -OCH3 is 1. The van der Waals surface area contributed by atoms with E-state index in [2.05, 4.69) is 6.92 Å². The largest absolute Gasteiger partial charge is 0.497 e. The van der Waals surface area contributed by atoms with E-state index < -0.39 is 9.84 Å². The maximum Gasteiger partial charge on any atom is 0.233 e. The van der Waals surface area contributed by atoms with Crippen molar-refractivity contribution in [2.45, 2.75) is 37.1 Å². The number of thioether (sulfide) groups is 1. The van der Waals surface area contributed by atoms with Gasteiger partial charge in [-0.2, -0.15) is 0 Å². The highest BCUT2D eigenvalue weighted by molar-refractivity contribution is 8.00. The molecule has 1 aromatic carbocycles. The summed E-state index contributed by atoms with van der Waals surface area (Å²) in [4.78, 5) is 15.4. The van der Waals surface area contributed by atoms with Crippen molar-refractivity contribution in [3.63, 3.8) is 0 Å². The molecule has 0 aliphatic carbocycles. The van der Waals surface area contributed by atoms with Gasteiger partial charge in [-0.05, 0) is 31.0 Å². The number of unbranched alkanes of at least 4 members (excludes halogenated alkanes) is 1. The van der Waals surface area contributed by atoms with E-state index in [0.29, 0.717) is 18.7 Å². The molecule has 1 heterocycles. The monoisotopic (exact) mass is 371 g/mol. The average molecular weight is 372 g/mol. The van der Waals surface area contributed by atoms with E-state index in [1.807, 2.05) is 24.3 Å². The van der Waals surface area contributed by atoms with E-state index >= 15 is 0 Å². The molecule has 0 bridgehead atoms. The van der Waals surface area contributed by atoms with Gasteiger partial charge in [0, 0.05) is 17.5 Å². The van der Waals surface area contributed by atoms with Crippen LogP contribution in [0.15, 0.2) is 29.2 Å². The minimum absolute atomic E-state index is 0.0124. The van der Waals surface area contributed by atoms with Gasteiger partial charge in [0.2, 0.25) is 5.91 Å². The number of amides is 1. The number of benzene rings is 1. The first kappa shape index (κ1) is 19.1. The van der Waals surface area contributed by atoms with Crippen LogP contribution in [0.3, 0.4) is 0 Å². The molecule has 5 nitrogen and oxygen atoms in total. The van der Waals surface area contributed by atoms with Crippen molar-refractivity contribution < 1.29 is 17.9 Å². The van der Waals surface area contributed by atoms with Crippen LogP contribution in [0.25, 0.3) is 0 Å². The standard InChI is InChI=1S/C17H25NO4S2/c1-3-4-9-18(14-8-10-24(20,21)13-14)17(19)12-23-16-7-5-6-15(11-16)22-2/h5-7,11,14H,3-4,8-10,12-13H2,1-2H3. The van der Waals surface area contributed by atoms with Crippen LogP contribution in [0, 0.1) is 0 Å². The van der Waals surface area contributed by atoms with Gasteiger partial charge < -0.3 is 9.64 Å². The maximum absolute atomic E-state index is 12.7. The number of rotatable bonds is 8. The summed E-state index contributed by atoms with van der Waals surface area (Å²) >= 11 is 1.46. The van der Waals surface area contributed by atoms with E-state index in [4.69, 9.17) is 4.74 Å². The predicted octanol–water partition coefficient (Wildman–Crippen LogP) is 2.60. The fraction of sp³-hybridized carbons (Fsp3) is 0.588. The summed E-state index contributed by atoms with van der Waals surface area (Å²) in [7, 11) is -1.38. The summed E-state index contributed by atoms with van der Waals surface area (Å²) < 4.78 is 28.7. The zero-order valence-corrected chi connectivity index (χ0v) is 15.9. The lowest BCUT2D eigenvalue weighted by molar-refractivity contribution is -0.130. The molecule has 1 aliphatic rings. The Morgan fingerprint density at radius 1 is 1.42 bits per heavy atom. The van der Waals surface area contributed by atoms with Gasteiger partial charge in [0.15, 0.2) is 9.84 Å². The van der Waals surface area contributed by atoms with Crippen LogP contribution in [0.5, 0.6) is 5.75 Å². The Labute approximate surface area is 148 Å². The number of carbonyl (C=O) groups is 1. The fourth-order valence-corrected chi connectivity index (χ4v) is 5.34. The summed E-state index contributed by atoms with van der Waals surface area (Å²) in [6.07, 6.45) is 2.43. The molecule has 0 aromatic heterocycles. The highest BCUT2D eigenvalue weighted by atomic mass is 32.2. The van der Waals surface area contributed by atoms with Gasteiger partial charge in [0.25, 0.3) is 0 Å². The molecule has 1 fully saturated rings. The Balaban J connectivity index is 1.99. The molecule has 2 rings (SSSR count). The Hall–Kier alpha value is -1.21. The summed E-state index contributed by atoms with van der Waals surface area (Å²) in [6, 6.07) is 7.43. The first-order chi connectivity index (χ1) is 11.4. The van der Waals surface area contributed by atoms with Gasteiger partial charge in [-0.15, -0.1) is 11.8 Å². The van der Waals surface area contributed by atoms with Crippen LogP contribution in [0.1, 0.15) is 26.2 Å². The minimum Gasteiger partial charge on any atom is -0.497 e. The summed E-state index contributed by atoms with van der Waals surface area (Å²) in [5, 5.41) is 0. The molecular weight excluding hydrogens is 346 g/mol. The summed E-state index contributed by atoms with van der Waals surface area (Å²) in [6.45, 7) is 2.70. The van der Waals surface area contributed by atoms with Gasteiger partial charge >= 0.3 is 0 Å². The van der Waals surface area contributed by atoms with Gasteiger partial charge in [-0.3, -0.25) is 4.79 Å². The maximum atomic E-state index is 12.7. The molecule has 1 amide bonds. The normalized spacial score (nSPS) is 19.2. The quantitative estimate of drug-likeness (QED) is 0.657. The summed E-state index contributed by atoms with van der Waals surface area (Å²) in [5.41, 5.74) is 0. The van der Waals surface area contributed by atoms with Gasteiger partial charge in [-0.1, -0.05) is 19.4 Å². The molecule has 0 N–H and O–H groups in total. The molecule has 24 heavy (non-hydrogen) atoms. The number of hydrogen-bond acceptors (Lipinski definition) is 5. The topological polar surface area (TPSA) is 63.7 Å². The SMILES string of the molecule is CCCCN(C(=O)CSc1cccc(OC)c1)C1CCS(=O)(=O)C1. The van der Waals surface area contributed by atoms with Gasteiger partial charge in [-0.25, -0.2) is 8.42 Å². The molecule has 1 atom stereocenters. The Morgan fingerprint density at radius 2 is 2.21 bits per heavy atom. The second-order valence-corrected chi connectivity index (χ2v) is 9.24. The Kier molecular flexibility index (Phi) is 6.98. The average Bonchev–Trinajstić information content (AvgIpc) is 2.93. The first-order valence-corrected chi connectivity index (χ1v) is 11.0. The third-order valence-electron chi connectivity index (χ3n) is 4.13. The number of ether oxygens (including phenoxy) is 1. The van der Waals surface area contributed by atoms with Crippen LogP contribution in [0.2, 0.25) is 0 Å². The smallest absolute Gasteiger partial charge is 0.233 e. The van der Waals surface area contributed by atoms with Crippen molar-refractivity contribution in [1.82, 2.24) is 4.90 Å². The number of hydrogen-bond donors (Lipinski definition) is 0. The third-order valence-corrected chi connectivity index (χ3v) is 6.85. The van der Waals surface area contributed by atoms with Crippen molar-refractivity contribution >= 4 is 27.5 Å². The van der Waals surface area contributed by atoms with Crippen LogP contribution in [-0.4, -0.2) is 56.2 Å². The second-order valence-electron chi connectivity index (χ2n) is 5.97. The van der Waals surface area contributed by atoms with Crippen molar-refractivity contribution in [2.24, 2.45) is 0 Å². The molecule has 0 saturated carbocycles. The molecule has 0 spiro atoms. The van der Waals surface area contributed by atoms with E-state index in [1.54, 1.807) is 12.0 Å². The second kappa shape index (κ2) is 8.76. The van der Waals surface area contributed by atoms with Gasteiger partial charge in [0.05, 0.1) is 24.4 Å². The molecule has 0 radical (unpaired) electrons. The number of carbonyl (C=O) groups excluding carboxylic acids is 1. The van der Waals surface area contributed by atoms with Crippen LogP contribution in [0.4, 0.5) is 0 Å². The Bertz CT molecular complexity index is 660. The molecule has 7 heteroatoms. The highest BCUT2D eigenvalue weighted by Crippen LogP contribution is 2.25. The van der Waals surface area contributed by atoms with Crippen LogP contribution >= 0.6 is 11.8 Å². The van der Waals surface area contributed by atoms with Crippen molar-refractivity contribution in [2.75, 3.05) is 30.9 Å². The number of nitrogens with zero attached hydrogens (tertiary/aromatic N) is 1. The first-order valence-electron chi connectivity index (χ1n) is 8.22. The van der Waals surface area contributed by atoms with Crippen molar-refractivity contribution in [3.05, 3.63) is 24.3 Å². The highest BCUT2D eigenvalue weighted by Gasteiger charge is 2.34.